The molecule has 5 aliphatic rings. The van der Waals surface area contributed by atoms with E-state index in [2.05, 4.69) is 0 Å². The lowest BCUT2D eigenvalue weighted by Gasteiger charge is -2.58. The summed E-state index contributed by atoms with van der Waals surface area (Å²) < 4.78 is 17.5. The van der Waals surface area contributed by atoms with Crippen molar-refractivity contribution in [1.29, 1.82) is 0 Å². The minimum Gasteiger partial charge on any atom is -0.392 e. The van der Waals surface area contributed by atoms with Crippen LogP contribution in [0.5, 0.6) is 0 Å². The van der Waals surface area contributed by atoms with Crippen LogP contribution < -0.4 is 5.73 Å². The molecule has 1 heterocycles. The van der Waals surface area contributed by atoms with E-state index in [1.807, 2.05) is 0 Å². The number of nitrogens with two attached hydrogens (primary N) is 1. The Kier molecular flexibility index (Phi) is 8.08. The summed E-state index contributed by atoms with van der Waals surface area (Å²) in [5.74, 6) is -7.11. The van der Waals surface area contributed by atoms with E-state index in [0.717, 1.165) is 0 Å². The first-order chi connectivity index (χ1) is 18.4. The van der Waals surface area contributed by atoms with Gasteiger partial charge in [-0.15, -0.1) is 0 Å². The van der Waals surface area contributed by atoms with Crippen LogP contribution in [-0.4, -0.2) is 111 Å². The maximum atomic E-state index is 13.9. The number of hydrogen-bond acceptors (Lipinski definition) is 12. The Labute approximate surface area is 226 Å². The zero-order valence-electron chi connectivity index (χ0n) is 22.3. The third kappa shape index (κ3) is 4.71. The number of ether oxygens (including phenoxy) is 3. The smallest absolute Gasteiger partial charge is 0.189 e. The maximum absolute atomic E-state index is 13.9. The number of fused-ring (bicyclic) bond motifs is 3. The number of ketones is 3. The molecule has 220 valence electrons. The lowest BCUT2D eigenvalue weighted by Crippen LogP contribution is -2.69. The molecule has 0 radical (unpaired) electrons. The van der Waals surface area contributed by atoms with E-state index < -0.39 is 102 Å². The number of aliphatic hydroxyl groups is 5. The van der Waals surface area contributed by atoms with Gasteiger partial charge in [0.2, 0.25) is 0 Å². The van der Waals surface area contributed by atoms with Crippen molar-refractivity contribution in [2.45, 2.75) is 100 Å². The first-order valence-electron chi connectivity index (χ1n) is 14.0. The molecule has 4 saturated carbocycles. The molecule has 10 unspecified atom stereocenters. The molecule has 0 aromatic heterocycles. The molecule has 12 heteroatoms. The predicted molar refractivity (Wildman–Crippen MR) is 132 cm³/mol. The Morgan fingerprint density at radius 2 is 1.72 bits per heavy atom. The second kappa shape index (κ2) is 10.8. The molecule has 0 aromatic rings. The molecule has 5 fully saturated rings. The summed E-state index contributed by atoms with van der Waals surface area (Å²) >= 11 is 0. The third-order valence-corrected chi connectivity index (χ3v) is 10.2. The van der Waals surface area contributed by atoms with Crippen molar-refractivity contribution in [1.82, 2.24) is 0 Å². The lowest BCUT2D eigenvalue weighted by atomic mass is 9.49. The van der Waals surface area contributed by atoms with E-state index in [4.69, 9.17) is 19.9 Å². The van der Waals surface area contributed by atoms with Gasteiger partial charge < -0.3 is 45.5 Å². The monoisotopic (exact) mass is 555 g/mol. The first-order valence-corrected chi connectivity index (χ1v) is 14.0. The van der Waals surface area contributed by atoms with Gasteiger partial charge in [-0.25, -0.2) is 0 Å². The summed E-state index contributed by atoms with van der Waals surface area (Å²) in [4.78, 5) is 40.3. The van der Waals surface area contributed by atoms with Crippen LogP contribution in [0.4, 0.5) is 0 Å². The van der Waals surface area contributed by atoms with Gasteiger partial charge in [0.25, 0.3) is 0 Å². The Hall–Kier alpha value is -1.35. The van der Waals surface area contributed by atoms with Crippen LogP contribution in [0.25, 0.3) is 0 Å². The average Bonchev–Trinajstić information content (AvgIpc) is 2.90. The zero-order valence-corrected chi connectivity index (χ0v) is 22.3. The molecule has 0 aromatic carbocycles. The van der Waals surface area contributed by atoms with Crippen LogP contribution in [0.15, 0.2) is 0 Å². The van der Waals surface area contributed by atoms with Crippen LogP contribution in [0.1, 0.15) is 45.4 Å². The first kappa shape index (κ1) is 29.2. The van der Waals surface area contributed by atoms with E-state index in [-0.39, 0.29) is 30.8 Å². The Morgan fingerprint density at radius 3 is 2.36 bits per heavy atom. The van der Waals surface area contributed by atoms with Crippen molar-refractivity contribution >= 4 is 17.3 Å². The fraction of sp³-hybridized carbons (Fsp3) is 0.889. The molecule has 1 aliphatic heterocycles. The van der Waals surface area contributed by atoms with Crippen molar-refractivity contribution in [3.8, 4) is 0 Å². The minimum absolute atomic E-state index is 0.0904. The standard InChI is InChI=1S/C27H41NO11/c1-10-22(31)13(28)6-17(38-10)39-15-8-27(36,16(30)9-29)7-12-19(15)26(35)21-20(24(12)33)23(32)11-4-3-5-14(37-2)18(11)25(21)34/h10-15,17-22,24,26,29,31,33,35-36H,3-9,28H2,1-2H3/t10-,11?,12?,13-,14?,15?,17-,18?,19?,20?,21?,22+,24?,26?,27-/m0/s1. The van der Waals surface area contributed by atoms with Crippen molar-refractivity contribution in [3.63, 3.8) is 0 Å². The molecule has 12 nitrogen and oxygen atoms in total. The van der Waals surface area contributed by atoms with E-state index in [0.29, 0.717) is 19.3 Å². The number of methoxy groups -OCH3 is 1. The van der Waals surface area contributed by atoms with Crippen LogP contribution in [0.2, 0.25) is 0 Å². The highest BCUT2D eigenvalue weighted by atomic mass is 16.7. The second-order valence-electron chi connectivity index (χ2n) is 12.3. The van der Waals surface area contributed by atoms with Crippen molar-refractivity contribution in [2.24, 2.45) is 41.2 Å². The number of carbonyl (C=O) groups is 3. The van der Waals surface area contributed by atoms with Crippen molar-refractivity contribution in [2.75, 3.05) is 13.7 Å². The maximum Gasteiger partial charge on any atom is 0.189 e. The van der Waals surface area contributed by atoms with Gasteiger partial charge in [-0.3, -0.25) is 14.4 Å². The van der Waals surface area contributed by atoms with Crippen molar-refractivity contribution in [3.05, 3.63) is 0 Å². The Balaban J connectivity index is 1.50. The van der Waals surface area contributed by atoms with Gasteiger partial charge >= 0.3 is 0 Å². The van der Waals surface area contributed by atoms with Gasteiger partial charge in [-0.2, -0.15) is 0 Å². The van der Waals surface area contributed by atoms with E-state index in [1.165, 1.54) is 7.11 Å². The average molecular weight is 556 g/mol. The van der Waals surface area contributed by atoms with Gasteiger partial charge in [-0.05, 0) is 32.1 Å². The van der Waals surface area contributed by atoms with E-state index in [1.54, 1.807) is 6.92 Å². The normalized spacial score (nSPS) is 52.0. The van der Waals surface area contributed by atoms with Gasteiger partial charge in [0.15, 0.2) is 12.1 Å². The molecule has 15 atom stereocenters. The molecular formula is C27H41NO11. The molecule has 0 spiro atoms. The number of carbonyl (C=O) groups excluding carboxylic acids is 3. The molecular weight excluding hydrogens is 514 g/mol. The SMILES string of the molecule is COC1CCCC2C(=O)C3C(O)C4C[C@@](O)(C(=O)CO)CC(O[C@H]5C[C@H](N)[C@H](O)[C@H](C)O5)C4C(O)C3C(=O)C12. The Bertz CT molecular complexity index is 965. The van der Waals surface area contributed by atoms with Crippen LogP contribution in [-0.2, 0) is 28.6 Å². The third-order valence-electron chi connectivity index (χ3n) is 10.2. The number of hydrogen-bond donors (Lipinski definition) is 6. The van der Waals surface area contributed by atoms with Gasteiger partial charge in [0.1, 0.15) is 23.8 Å². The summed E-state index contributed by atoms with van der Waals surface area (Å²) in [6, 6.07) is -0.672. The fourth-order valence-corrected chi connectivity index (χ4v) is 8.27. The summed E-state index contributed by atoms with van der Waals surface area (Å²) in [7, 11) is 1.50. The molecule has 5 rings (SSSR count). The van der Waals surface area contributed by atoms with Crippen LogP contribution >= 0.6 is 0 Å². The van der Waals surface area contributed by atoms with E-state index >= 15 is 0 Å². The fourth-order valence-electron chi connectivity index (χ4n) is 8.27. The minimum atomic E-state index is -2.09. The molecule has 0 amide bonds. The lowest BCUT2D eigenvalue weighted by molar-refractivity contribution is -0.279. The van der Waals surface area contributed by atoms with Gasteiger partial charge in [-0.1, -0.05) is 6.42 Å². The summed E-state index contributed by atoms with van der Waals surface area (Å²) in [5, 5.41) is 54.4. The summed E-state index contributed by atoms with van der Waals surface area (Å²) in [5.41, 5.74) is 3.96. The predicted octanol–water partition coefficient (Wildman–Crippen LogP) is -1.94. The Morgan fingerprint density at radius 1 is 1.03 bits per heavy atom. The summed E-state index contributed by atoms with van der Waals surface area (Å²) in [6.45, 7) is 0.678. The highest BCUT2D eigenvalue weighted by molar-refractivity contribution is 6.01. The highest BCUT2D eigenvalue weighted by Gasteiger charge is 2.66. The topological polar surface area (TPSA) is 206 Å². The molecule has 1 saturated heterocycles. The quantitative estimate of drug-likeness (QED) is 0.219. The number of rotatable bonds is 5. The van der Waals surface area contributed by atoms with E-state index in [9.17, 15) is 39.9 Å². The molecule has 39 heavy (non-hydrogen) atoms. The largest absolute Gasteiger partial charge is 0.392 e. The zero-order chi connectivity index (χ0) is 28.4. The van der Waals surface area contributed by atoms with Gasteiger partial charge in [0, 0.05) is 37.8 Å². The summed E-state index contributed by atoms with van der Waals surface area (Å²) in [6.07, 6.45) is -5.68. The number of aliphatic hydroxyl groups excluding tert-OH is 4. The highest BCUT2D eigenvalue weighted by Crippen LogP contribution is 2.55. The van der Waals surface area contributed by atoms with Crippen LogP contribution in [0.3, 0.4) is 0 Å². The molecule has 7 N–H and O–H groups in total. The number of Topliss-reactive ketones (excluding diaryl/α,β-unsaturated/α-hetero) is 3. The van der Waals surface area contributed by atoms with Crippen molar-refractivity contribution < 1.29 is 54.1 Å². The van der Waals surface area contributed by atoms with Crippen LogP contribution in [0, 0.1) is 35.5 Å². The second-order valence-corrected chi connectivity index (χ2v) is 12.3. The molecule has 4 aliphatic carbocycles. The van der Waals surface area contributed by atoms with Gasteiger partial charge in [0.05, 0.1) is 54.4 Å². The molecule has 0 bridgehead atoms.